The molecule has 0 aliphatic carbocycles. The molecule has 0 radical (unpaired) electrons. The average Bonchev–Trinajstić information content (AvgIpc) is 3.38. The minimum atomic E-state index is -3.46. The van der Waals surface area contributed by atoms with Crippen LogP contribution in [0.4, 0.5) is 5.69 Å². The molecule has 1 aromatic carbocycles. The summed E-state index contributed by atoms with van der Waals surface area (Å²) in [6.45, 7) is 5.45. The van der Waals surface area contributed by atoms with Gasteiger partial charge in [0.05, 0.1) is 0 Å². The third-order valence-corrected chi connectivity index (χ3v) is 8.56. The number of hydrogen-bond donors (Lipinski definition) is 1. The predicted molar refractivity (Wildman–Crippen MR) is 111 cm³/mol. The van der Waals surface area contributed by atoms with Crippen molar-refractivity contribution in [2.24, 2.45) is 0 Å². The lowest BCUT2D eigenvalue weighted by Gasteiger charge is -2.28. The number of nitrogens with zero attached hydrogens (tertiary/aromatic N) is 2. The largest absolute Gasteiger partial charge is 0.374 e. The molecule has 146 valence electrons. The smallest absolute Gasteiger partial charge is 0.250 e. The normalized spacial score (nSPS) is 18.8. The molecule has 2 aliphatic heterocycles. The second-order valence-electron chi connectivity index (χ2n) is 7.54. The van der Waals surface area contributed by atoms with Crippen molar-refractivity contribution in [1.29, 1.82) is 0 Å². The van der Waals surface area contributed by atoms with E-state index in [9.17, 15) is 8.42 Å². The number of benzene rings is 1. The Hall–Kier alpha value is -1.41. The van der Waals surface area contributed by atoms with E-state index in [2.05, 4.69) is 39.8 Å². The Bertz CT molecular complexity index is 917. The number of fused-ring (bicyclic) bond motifs is 1. The molecule has 2 aromatic rings. The first-order valence-electron chi connectivity index (χ1n) is 9.58. The average molecular weight is 406 g/mol. The van der Waals surface area contributed by atoms with Crippen LogP contribution in [0.3, 0.4) is 0 Å². The number of rotatable bonds is 6. The number of thiophene rings is 1. The van der Waals surface area contributed by atoms with E-state index in [4.69, 9.17) is 0 Å². The van der Waals surface area contributed by atoms with Gasteiger partial charge in [-0.3, -0.25) is 4.90 Å². The first-order chi connectivity index (χ1) is 12.9. The van der Waals surface area contributed by atoms with Crippen molar-refractivity contribution in [2.75, 3.05) is 38.1 Å². The monoisotopic (exact) mass is 405 g/mol. The molecule has 1 N–H and O–H groups in total. The van der Waals surface area contributed by atoms with Gasteiger partial charge in [-0.05, 0) is 68.6 Å². The lowest BCUT2D eigenvalue weighted by Crippen LogP contribution is -2.36. The summed E-state index contributed by atoms with van der Waals surface area (Å²) in [7, 11) is -1.33. The van der Waals surface area contributed by atoms with Crippen molar-refractivity contribution in [3.05, 3.63) is 46.3 Å². The molecule has 7 heteroatoms. The summed E-state index contributed by atoms with van der Waals surface area (Å²) in [5.74, 6) is 0. The molecule has 2 aliphatic rings. The molecule has 0 saturated carbocycles. The summed E-state index contributed by atoms with van der Waals surface area (Å²) in [6.07, 6.45) is 3.43. The van der Waals surface area contributed by atoms with Crippen molar-refractivity contribution in [2.45, 2.75) is 36.4 Å². The molecule has 0 spiro atoms. The molecule has 4 rings (SSSR count). The van der Waals surface area contributed by atoms with Crippen LogP contribution in [0.5, 0.6) is 0 Å². The van der Waals surface area contributed by atoms with Crippen molar-refractivity contribution in [3.63, 3.8) is 0 Å². The molecule has 0 amide bonds. The molecule has 1 fully saturated rings. The summed E-state index contributed by atoms with van der Waals surface area (Å²) in [6, 6.07) is 10.3. The van der Waals surface area contributed by atoms with Crippen molar-refractivity contribution >= 4 is 27.0 Å². The molecular weight excluding hydrogens is 378 g/mol. The predicted octanol–water partition coefficient (Wildman–Crippen LogP) is 3.16. The Balaban J connectivity index is 1.57. The lowest BCUT2D eigenvalue weighted by atomic mass is 10.0. The first kappa shape index (κ1) is 18.9. The van der Waals surface area contributed by atoms with Gasteiger partial charge in [-0.2, -0.15) is 0 Å². The van der Waals surface area contributed by atoms with Crippen LogP contribution in [0, 0.1) is 6.92 Å². The molecule has 3 heterocycles. The molecule has 0 unspecified atom stereocenters. The Morgan fingerprint density at radius 1 is 1.15 bits per heavy atom. The Labute approximate surface area is 166 Å². The molecule has 5 nitrogen and oxygen atoms in total. The lowest BCUT2D eigenvalue weighted by molar-refractivity contribution is 0.246. The fraction of sp³-hybridized carbons (Fsp3) is 0.500. The number of likely N-dealkylation sites (tertiary alicyclic amines) is 1. The molecule has 0 bridgehead atoms. The number of sulfonamides is 1. The quantitative estimate of drug-likeness (QED) is 0.802. The summed E-state index contributed by atoms with van der Waals surface area (Å²) in [4.78, 5) is 5.71. The summed E-state index contributed by atoms with van der Waals surface area (Å²) >= 11 is 1.32. The zero-order valence-corrected chi connectivity index (χ0v) is 17.6. The SMILES string of the molecule is Cc1ccc(S(=O)(=O)NC[C@H](c2ccc3c(c2)CCN3C)N2CCCC2)s1. The summed E-state index contributed by atoms with van der Waals surface area (Å²) in [5, 5.41) is 0. The van der Waals surface area contributed by atoms with Gasteiger partial charge in [-0.25, -0.2) is 13.1 Å². The van der Waals surface area contributed by atoms with E-state index < -0.39 is 10.0 Å². The Morgan fingerprint density at radius 3 is 2.63 bits per heavy atom. The van der Waals surface area contributed by atoms with Gasteiger partial charge in [-0.1, -0.05) is 12.1 Å². The fourth-order valence-corrected chi connectivity index (χ4v) is 6.49. The van der Waals surface area contributed by atoms with Crippen LogP contribution in [0.15, 0.2) is 34.5 Å². The number of likely N-dealkylation sites (N-methyl/N-ethyl adjacent to an activating group) is 1. The van der Waals surface area contributed by atoms with E-state index in [1.165, 1.54) is 41.0 Å². The van der Waals surface area contributed by atoms with Crippen LogP contribution < -0.4 is 9.62 Å². The van der Waals surface area contributed by atoms with Gasteiger partial charge in [0.25, 0.3) is 0 Å². The number of nitrogens with one attached hydrogen (secondary N) is 1. The maximum atomic E-state index is 12.7. The minimum Gasteiger partial charge on any atom is -0.374 e. The molecular formula is C20H27N3O2S2. The van der Waals surface area contributed by atoms with Gasteiger partial charge in [0, 0.05) is 36.7 Å². The van der Waals surface area contributed by atoms with E-state index in [1.54, 1.807) is 6.07 Å². The van der Waals surface area contributed by atoms with Crippen molar-refractivity contribution < 1.29 is 8.42 Å². The minimum absolute atomic E-state index is 0.0829. The van der Waals surface area contributed by atoms with Crippen LogP contribution in [0.25, 0.3) is 0 Å². The highest BCUT2D eigenvalue weighted by atomic mass is 32.2. The van der Waals surface area contributed by atoms with E-state index in [0.29, 0.717) is 10.8 Å². The van der Waals surface area contributed by atoms with E-state index in [1.807, 2.05) is 13.0 Å². The van der Waals surface area contributed by atoms with Gasteiger partial charge < -0.3 is 4.90 Å². The van der Waals surface area contributed by atoms with E-state index in [-0.39, 0.29) is 6.04 Å². The Kier molecular flexibility index (Phi) is 5.29. The van der Waals surface area contributed by atoms with E-state index in [0.717, 1.165) is 30.9 Å². The van der Waals surface area contributed by atoms with Gasteiger partial charge in [0.1, 0.15) is 4.21 Å². The zero-order valence-electron chi connectivity index (χ0n) is 15.9. The van der Waals surface area contributed by atoms with Crippen LogP contribution in [0.2, 0.25) is 0 Å². The summed E-state index contributed by atoms with van der Waals surface area (Å²) in [5.41, 5.74) is 3.89. The first-order valence-corrected chi connectivity index (χ1v) is 11.9. The van der Waals surface area contributed by atoms with Gasteiger partial charge in [-0.15, -0.1) is 11.3 Å². The van der Waals surface area contributed by atoms with Crippen molar-refractivity contribution in [3.8, 4) is 0 Å². The number of aryl methyl sites for hydroxylation is 1. The maximum Gasteiger partial charge on any atom is 0.250 e. The third kappa shape index (κ3) is 3.92. The maximum absolute atomic E-state index is 12.7. The Morgan fingerprint density at radius 2 is 1.93 bits per heavy atom. The second kappa shape index (κ2) is 7.54. The van der Waals surface area contributed by atoms with Crippen LogP contribution >= 0.6 is 11.3 Å². The molecule has 27 heavy (non-hydrogen) atoms. The highest BCUT2D eigenvalue weighted by Gasteiger charge is 2.27. The molecule has 1 saturated heterocycles. The number of anilines is 1. The van der Waals surface area contributed by atoms with Gasteiger partial charge in [0.15, 0.2) is 0 Å². The molecule has 1 aromatic heterocycles. The van der Waals surface area contributed by atoms with Gasteiger partial charge in [0.2, 0.25) is 10.0 Å². The highest BCUT2D eigenvalue weighted by molar-refractivity contribution is 7.91. The standard InChI is InChI=1S/C20H27N3O2S2/c1-15-5-8-20(26-15)27(24,25)21-14-19(23-10-3-4-11-23)16-6-7-18-17(13-16)9-12-22(18)2/h5-8,13,19,21H,3-4,9-12,14H2,1-2H3/t19-/m1/s1. The van der Waals surface area contributed by atoms with E-state index >= 15 is 0 Å². The number of hydrogen-bond acceptors (Lipinski definition) is 5. The van der Waals surface area contributed by atoms with Crippen LogP contribution in [-0.2, 0) is 16.4 Å². The fourth-order valence-electron chi connectivity index (χ4n) is 4.12. The second-order valence-corrected chi connectivity index (χ2v) is 10.8. The highest BCUT2D eigenvalue weighted by Crippen LogP contribution is 2.32. The van der Waals surface area contributed by atoms with Gasteiger partial charge >= 0.3 is 0 Å². The topological polar surface area (TPSA) is 52.7 Å². The van der Waals surface area contributed by atoms with Crippen LogP contribution in [-0.4, -0.2) is 46.5 Å². The molecule has 1 atom stereocenters. The zero-order chi connectivity index (χ0) is 19.0. The van der Waals surface area contributed by atoms with Crippen LogP contribution in [0.1, 0.15) is 34.9 Å². The third-order valence-electron chi connectivity index (χ3n) is 5.64. The van der Waals surface area contributed by atoms with Crippen molar-refractivity contribution in [1.82, 2.24) is 9.62 Å². The summed E-state index contributed by atoms with van der Waals surface area (Å²) < 4.78 is 28.7.